The number of carboxylic acid groups (broad SMARTS) is 1. The Hall–Kier alpha value is -1.79. The summed E-state index contributed by atoms with van der Waals surface area (Å²) >= 11 is 0. The van der Waals surface area contributed by atoms with Gasteiger partial charge in [0.1, 0.15) is 18.1 Å². The Labute approximate surface area is 276 Å². The minimum atomic E-state index is -1.22. The minimum Gasteiger partial charge on any atom is -0.480 e. The van der Waals surface area contributed by atoms with Gasteiger partial charge in [0.15, 0.2) is 0 Å². The Bertz CT molecular complexity index is 787. The second kappa shape index (κ2) is 25.3. The highest BCUT2D eigenvalue weighted by molar-refractivity contribution is 5.88. The quantitative estimate of drug-likeness (QED) is 0.119. The first-order chi connectivity index (χ1) is 21.5. The molecule has 3 atom stereocenters. The lowest BCUT2D eigenvalue weighted by Gasteiger charge is -2.35. The van der Waals surface area contributed by atoms with E-state index >= 15 is 0 Å². The number of likely N-dealkylation sites (N-methyl/N-ethyl adjacent to an activating group) is 5. The lowest BCUT2D eigenvalue weighted by atomic mass is 9.99. The van der Waals surface area contributed by atoms with Crippen LogP contribution in [0.25, 0.3) is 0 Å². The summed E-state index contributed by atoms with van der Waals surface area (Å²) in [6, 6.07) is -2.12. The summed E-state index contributed by atoms with van der Waals surface area (Å²) in [6.07, 6.45) is 3.40. The molecule has 0 heterocycles. The van der Waals surface area contributed by atoms with Gasteiger partial charge in [-0.05, 0) is 71.2 Å². The number of carboxylic acids is 1. The largest absolute Gasteiger partial charge is 0.480 e. The van der Waals surface area contributed by atoms with Crippen LogP contribution in [0.3, 0.4) is 0 Å². The van der Waals surface area contributed by atoms with Crippen LogP contribution in [0.1, 0.15) is 88.5 Å². The van der Waals surface area contributed by atoms with E-state index in [1.54, 1.807) is 0 Å². The Balaban J connectivity index is 5.71. The molecular weight excluding hydrogens is 570 g/mol. The maximum atomic E-state index is 13.7. The third kappa shape index (κ3) is 16.0. The zero-order valence-corrected chi connectivity index (χ0v) is 30.7. The van der Waals surface area contributed by atoms with E-state index in [0.29, 0.717) is 45.2 Å². The van der Waals surface area contributed by atoms with Gasteiger partial charge in [0.25, 0.3) is 0 Å². The number of aliphatic carboxylic acids is 1. The smallest absolute Gasteiger partial charge is 0.328 e. The second-order valence-electron chi connectivity index (χ2n) is 11.9. The van der Waals surface area contributed by atoms with Crippen molar-refractivity contribution in [3.8, 4) is 0 Å². The van der Waals surface area contributed by atoms with E-state index in [-0.39, 0.29) is 18.4 Å². The average molecular weight is 642 g/mol. The van der Waals surface area contributed by atoms with Crippen molar-refractivity contribution in [2.75, 3.05) is 91.6 Å². The van der Waals surface area contributed by atoms with Crippen LogP contribution in [0.5, 0.6) is 0 Å². The zero-order valence-electron chi connectivity index (χ0n) is 30.7. The van der Waals surface area contributed by atoms with Crippen LogP contribution in [0.2, 0.25) is 0 Å². The number of nitrogens with one attached hydrogen (secondary N) is 2. The van der Waals surface area contributed by atoms with Gasteiger partial charge in [-0.3, -0.25) is 19.4 Å². The predicted octanol–water partition coefficient (Wildman–Crippen LogP) is 2.90. The van der Waals surface area contributed by atoms with E-state index in [0.717, 1.165) is 65.1 Å². The van der Waals surface area contributed by atoms with Crippen molar-refractivity contribution >= 4 is 17.8 Å². The van der Waals surface area contributed by atoms with Crippen LogP contribution in [0.15, 0.2) is 0 Å². The average Bonchev–Trinajstić information content (AvgIpc) is 3.05. The third-order valence-electron chi connectivity index (χ3n) is 9.60. The maximum Gasteiger partial charge on any atom is 0.328 e. The fourth-order valence-corrected chi connectivity index (χ4v) is 5.98. The van der Waals surface area contributed by atoms with Crippen molar-refractivity contribution in [1.82, 2.24) is 35.1 Å². The number of carbonyl (C=O) groups excluding carboxylic acids is 2. The summed E-state index contributed by atoms with van der Waals surface area (Å²) in [5, 5.41) is 15.7. The molecule has 0 aromatic rings. The fourth-order valence-electron chi connectivity index (χ4n) is 5.98. The number of carbonyl (C=O) groups is 3. The highest BCUT2D eigenvalue weighted by atomic mass is 16.4. The highest BCUT2D eigenvalue weighted by Crippen LogP contribution is 2.14. The lowest BCUT2D eigenvalue weighted by Crippen LogP contribution is -2.59. The number of hydrogen-bond donors (Lipinski definition) is 3. The molecular formula is C34H71N7O4. The molecule has 0 radical (unpaired) electrons. The summed E-state index contributed by atoms with van der Waals surface area (Å²) in [4.78, 5) is 50.8. The molecule has 45 heavy (non-hydrogen) atoms. The van der Waals surface area contributed by atoms with Gasteiger partial charge in [0.2, 0.25) is 11.8 Å². The lowest BCUT2D eigenvalue weighted by molar-refractivity contribution is -0.143. The first kappa shape index (κ1) is 43.2. The fraction of sp³-hybridized carbons (Fsp3) is 0.912. The van der Waals surface area contributed by atoms with Crippen molar-refractivity contribution in [1.29, 1.82) is 0 Å². The SMILES string of the molecule is CCC(CC)CCN(CC)CC(C(=O)NCC(NC(=O)C(CN(CC)CCN(CC)CC)N(CC)CC)C(=O)O)N(CC)CC. The van der Waals surface area contributed by atoms with E-state index in [1.165, 1.54) is 0 Å². The Morgan fingerprint density at radius 1 is 0.578 bits per heavy atom. The van der Waals surface area contributed by atoms with Crippen LogP contribution >= 0.6 is 0 Å². The molecule has 2 amide bonds. The van der Waals surface area contributed by atoms with Gasteiger partial charge >= 0.3 is 5.97 Å². The third-order valence-corrected chi connectivity index (χ3v) is 9.60. The van der Waals surface area contributed by atoms with E-state index in [9.17, 15) is 19.5 Å². The zero-order chi connectivity index (χ0) is 34.4. The molecule has 266 valence electrons. The summed E-state index contributed by atoms with van der Waals surface area (Å²) in [7, 11) is 0. The van der Waals surface area contributed by atoms with Crippen LogP contribution in [-0.2, 0) is 14.4 Å². The topological polar surface area (TPSA) is 112 Å². The van der Waals surface area contributed by atoms with E-state index in [1.807, 2.05) is 27.7 Å². The number of hydrogen-bond acceptors (Lipinski definition) is 8. The van der Waals surface area contributed by atoms with Gasteiger partial charge in [-0.25, -0.2) is 4.79 Å². The second-order valence-corrected chi connectivity index (χ2v) is 11.9. The summed E-state index contributed by atoms with van der Waals surface area (Å²) in [5.74, 6) is -1.00. The standard InChI is InChI=1S/C34H71N7O4/c1-11-28(12-2)21-22-38(15-5)26-30(40(17-7)18-8)32(42)35-25-29(34(44)45)36-33(43)31(41(19-9)20-10)27-39(16-6)24-23-37(13-3)14-4/h28-31H,11-27H2,1-10H3,(H,35,42)(H,36,43)(H,44,45). The molecule has 0 aliphatic heterocycles. The van der Waals surface area contributed by atoms with Gasteiger partial charge < -0.3 is 30.4 Å². The van der Waals surface area contributed by atoms with Gasteiger partial charge in [-0.15, -0.1) is 0 Å². The molecule has 0 rings (SSSR count). The van der Waals surface area contributed by atoms with Crippen LogP contribution in [-0.4, -0.2) is 157 Å². The van der Waals surface area contributed by atoms with Gasteiger partial charge in [-0.2, -0.15) is 0 Å². The number of amides is 2. The van der Waals surface area contributed by atoms with E-state index in [4.69, 9.17) is 0 Å². The first-order valence-electron chi connectivity index (χ1n) is 18.0. The van der Waals surface area contributed by atoms with Crippen molar-refractivity contribution in [2.45, 2.75) is 107 Å². The van der Waals surface area contributed by atoms with Crippen molar-refractivity contribution < 1.29 is 19.5 Å². The number of nitrogens with zero attached hydrogens (tertiary/aromatic N) is 5. The van der Waals surface area contributed by atoms with Crippen LogP contribution in [0.4, 0.5) is 0 Å². The summed E-state index contributed by atoms with van der Waals surface area (Å²) in [5.41, 5.74) is 0. The van der Waals surface area contributed by atoms with Gasteiger partial charge in [0.05, 0.1) is 0 Å². The molecule has 0 fully saturated rings. The molecule has 3 unspecified atom stereocenters. The molecule has 0 aromatic carbocycles. The molecule has 0 saturated heterocycles. The summed E-state index contributed by atoms with van der Waals surface area (Å²) < 4.78 is 0. The van der Waals surface area contributed by atoms with Crippen molar-refractivity contribution in [3.05, 3.63) is 0 Å². The molecule has 0 aliphatic rings. The Kier molecular flexibility index (Phi) is 24.3. The van der Waals surface area contributed by atoms with Crippen molar-refractivity contribution in [3.63, 3.8) is 0 Å². The molecule has 0 aliphatic carbocycles. The molecule has 11 heteroatoms. The minimum absolute atomic E-state index is 0.165. The summed E-state index contributed by atoms with van der Waals surface area (Å²) in [6.45, 7) is 31.1. The van der Waals surface area contributed by atoms with Crippen LogP contribution < -0.4 is 10.6 Å². The normalized spacial score (nSPS) is 14.1. The number of rotatable bonds is 28. The van der Waals surface area contributed by atoms with Crippen LogP contribution in [0, 0.1) is 5.92 Å². The first-order valence-corrected chi connectivity index (χ1v) is 18.0. The van der Waals surface area contributed by atoms with E-state index < -0.39 is 24.1 Å². The highest BCUT2D eigenvalue weighted by Gasteiger charge is 2.32. The molecule has 0 spiro atoms. The molecule has 3 N–H and O–H groups in total. The van der Waals surface area contributed by atoms with Gasteiger partial charge in [0, 0.05) is 32.7 Å². The maximum absolute atomic E-state index is 13.7. The Morgan fingerprint density at radius 2 is 1.00 bits per heavy atom. The molecule has 0 aromatic heterocycles. The van der Waals surface area contributed by atoms with E-state index in [2.05, 4.69) is 76.7 Å². The van der Waals surface area contributed by atoms with Crippen molar-refractivity contribution in [2.24, 2.45) is 5.92 Å². The Morgan fingerprint density at radius 3 is 1.40 bits per heavy atom. The molecule has 11 nitrogen and oxygen atoms in total. The monoisotopic (exact) mass is 642 g/mol. The van der Waals surface area contributed by atoms with Gasteiger partial charge in [-0.1, -0.05) is 82.1 Å². The predicted molar refractivity (Wildman–Crippen MR) is 187 cm³/mol. The molecule has 0 bridgehead atoms. The molecule has 0 saturated carbocycles.